The molecule has 0 aromatic heterocycles. The molecule has 256 valence electrons. The Morgan fingerprint density at radius 3 is 1.66 bits per heavy atom. The number of carbonyl (C=O) groups is 1. The number of rotatable bonds is 8. The normalized spacial score (nSPS) is 22.4. The number of benzene rings is 3. The van der Waals surface area contributed by atoms with E-state index in [1.54, 1.807) is 31.2 Å². The molecule has 1 aliphatic heterocycles. The molecule has 4 rings (SSSR count). The average molecular weight is 704 g/mol. The molecule has 14 heteroatoms. The van der Waals surface area contributed by atoms with Crippen molar-refractivity contribution in [2.45, 2.75) is 85.0 Å². The van der Waals surface area contributed by atoms with E-state index in [4.69, 9.17) is 14.0 Å². The van der Waals surface area contributed by atoms with E-state index in [0.29, 0.717) is 12.5 Å². The summed E-state index contributed by atoms with van der Waals surface area (Å²) >= 11 is 0. The molecule has 0 saturated carbocycles. The molecule has 0 bridgehead atoms. The van der Waals surface area contributed by atoms with Crippen LogP contribution in [0.25, 0.3) is 0 Å². The predicted octanol–water partition coefficient (Wildman–Crippen LogP) is 7.89. The maximum atomic E-state index is 13.9. The molecule has 0 spiro atoms. The summed E-state index contributed by atoms with van der Waals surface area (Å²) in [6.07, 6.45) is -6.95. The molecule has 1 saturated heterocycles. The standard InChI is InChI=1S/C33H35F5O7S2/c1-21(32(34,35)47(40,41)42)45-28(39)22-7-13-25(14-8-22)46(26-15-9-23(10-16-26)29(2,3)4)27-17-11-24(12-18-27)31(6)43-19-30(5,20-44-31)33(36,37)38/h7-18,21H,19-20H2,1-6H3/p+1. The van der Waals surface area contributed by atoms with Gasteiger partial charge in [0.15, 0.2) is 26.6 Å². The van der Waals surface area contributed by atoms with Crippen LogP contribution in [0.2, 0.25) is 0 Å². The second kappa shape index (κ2) is 12.8. The summed E-state index contributed by atoms with van der Waals surface area (Å²) < 4.78 is 115. The molecule has 47 heavy (non-hydrogen) atoms. The van der Waals surface area contributed by atoms with Gasteiger partial charge in [-0.1, -0.05) is 32.9 Å². The number of hydrogen-bond donors (Lipinski definition) is 1. The number of halogens is 5. The fourth-order valence-corrected chi connectivity index (χ4v) is 7.14. The van der Waals surface area contributed by atoms with Gasteiger partial charge in [-0.05, 0) is 92.4 Å². The van der Waals surface area contributed by atoms with Crippen LogP contribution in [-0.2, 0) is 46.4 Å². The van der Waals surface area contributed by atoms with Gasteiger partial charge in [-0.15, -0.1) is 0 Å². The minimum atomic E-state index is -5.82. The summed E-state index contributed by atoms with van der Waals surface area (Å²) in [6, 6.07) is 21.0. The molecule has 7 nitrogen and oxygen atoms in total. The monoisotopic (exact) mass is 703 g/mol. The van der Waals surface area contributed by atoms with E-state index >= 15 is 0 Å². The van der Waals surface area contributed by atoms with Crippen LogP contribution in [0.1, 0.15) is 63.0 Å². The highest BCUT2D eigenvalue weighted by molar-refractivity contribution is 7.97. The molecule has 0 radical (unpaired) electrons. The van der Waals surface area contributed by atoms with Gasteiger partial charge in [0.2, 0.25) is 0 Å². The largest absolute Gasteiger partial charge is 0.451 e. The van der Waals surface area contributed by atoms with Crippen molar-refractivity contribution in [3.05, 3.63) is 89.5 Å². The number of esters is 1. The third-order valence-corrected chi connectivity index (χ3v) is 11.3. The lowest BCUT2D eigenvalue weighted by Gasteiger charge is -2.43. The summed E-state index contributed by atoms with van der Waals surface area (Å²) in [5, 5.41) is -4.71. The van der Waals surface area contributed by atoms with Crippen LogP contribution in [0.5, 0.6) is 0 Å². The van der Waals surface area contributed by atoms with Crippen molar-refractivity contribution >= 4 is 27.0 Å². The molecule has 1 N–H and O–H groups in total. The minimum absolute atomic E-state index is 0.109. The average Bonchev–Trinajstić information content (AvgIpc) is 2.98. The van der Waals surface area contributed by atoms with Crippen LogP contribution in [0.4, 0.5) is 22.0 Å². The van der Waals surface area contributed by atoms with Gasteiger partial charge in [-0.25, -0.2) is 4.79 Å². The third kappa shape index (κ3) is 7.67. The number of ether oxygens (including phenoxy) is 3. The molecule has 1 heterocycles. The van der Waals surface area contributed by atoms with Gasteiger partial charge in [0.05, 0.1) is 29.7 Å². The van der Waals surface area contributed by atoms with Crippen molar-refractivity contribution in [3.8, 4) is 0 Å². The van der Waals surface area contributed by atoms with E-state index in [1.165, 1.54) is 12.1 Å². The van der Waals surface area contributed by atoms with Crippen LogP contribution in [0.15, 0.2) is 87.5 Å². The Hall–Kier alpha value is -3.04. The Morgan fingerprint density at radius 2 is 1.26 bits per heavy atom. The molecule has 0 amide bonds. The summed E-state index contributed by atoms with van der Waals surface area (Å²) in [5.74, 6) is -2.62. The zero-order chi connectivity index (χ0) is 35.2. The lowest BCUT2D eigenvalue weighted by molar-refractivity contribution is -0.354. The van der Waals surface area contributed by atoms with Gasteiger partial charge in [0, 0.05) is 5.56 Å². The van der Waals surface area contributed by atoms with E-state index in [0.717, 1.165) is 27.2 Å². The molecule has 1 aliphatic rings. The second-order valence-corrected chi connectivity index (χ2v) is 16.3. The summed E-state index contributed by atoms with van der Waals surface area (Å²) in [4.78, 5) is 15.0. The molecular formula is C33H36F5O7S2+. The van der Waals surface area contributed by atoms with Gasteiger partial charge in [-0.2, -0.15) is 30.4 Å². The van der Waals surface area contributed by atoms with Crippen LogP contribution >= 0.6 is 0 Å². The Kier molecular flexibility index (Phi) is 10.00. The molecule has 0 aliphatic carbocycles. The number of hydrogen-bond acceptors (Lipinski definition) is 6. The molecule has 2 atom stereocenters. The van der Waals surface area contributed by atoms with Gasteiger partial charge in [0.1, 0.15) is 5.41 Å². The smallest absolute Gasteiger partial charge is 0.405 e. The van der Waals surface area contributed by atoms with Crippen molar-refractivity contribution in [1.82, 2.24) is 0 Å². The topological polar surface area (TPSA) is 99.1 Å². The fraction of sp³-hybridized carbons (Fsp3) is 0.424. The molecule has 2 unspecified atom stereocenters. The molecule has 1 fully saturated rings. The Morgan fingerprint density at radius 1 is 0.830 bits per heavy atom. The Labute approximate surface area is 273 Å². The van der Waals surface area contributed by atoms with E-state index in [1.807, 2.05) is 36.4 Å². The zero-order valence-corrected chi connectivity index (χ0v) is 28.2. The van der Waals surface area contributed by atoms with Crippen molar-refractivity contribution < 1.29 is 53.9 Å². The van der Waals surface area contributed by atoms with Gasteiger partial charge in [0.25, 0.3) is 0 Å². The van der Waals surface area contributed by atoms with E-state index < -0.39 is 68.9 Å². The lowest BCUT2D eigenvalue weighted by Crippen LogP contribution is -2.52. The van der Waals surface area contributed by atoms with Crippen molar-refractivity contribution in [2.75, 3.05) is 13.2 Å². The third-order valence-electron chi connectivity index (χ3n) is 8.01. The van der Waals surface area contributed by atoms with E-state index in [-0.39, 0.29) is 11.0 Å². The lowest BCUT2D eigenvalue weighted by atomic mass is 9.87. The van der Waals surface area contributed by atoms with Crippen LogP contribution < -0.4 is 0 Å². The van der Waals surface area contributed by atoms with Gasteiger partial charge < -0.3 is 14.2 Å². The van der Waals surface area contributed by atoms with Crippen LogP contribution in [0, 0.1) is 5.41 Å². The van der Waals surface area contributed by atoms with Crippen molar-refractivity contribution in [1.29, 1.82) is 0 Å². The van der Waals surface area contributed by atoms with Crippen LogP contribution in [-0.4, -0.2) is 49.7 Å². The Bertz CT molecular complexity index is 1680. The first-order chi connectivity index (χ1) is 21.5. The van der Waals surface area contributed by atoms with Crippen molar-refractivity contribution in [3.63, 3.8) is 0 Å². The maximum absolute atomic E-state index is 13.9. The van der Waals surface area contributed by atoms with Gasteiger partial charge in [-0.3, -0.25) is 4.55 Å². The molecule has 3 aromatic rings. The van der Waals surface area contributed by atoms with Crippen LogP contribution in [0.3, 0.4) is 0 Å². The zero-order valence-electron chi connectivity index (χ0n) is 26.5. The van der Waals surface area contributed by atoms with E-state index in [9.17, 15) is 35.2 Å². The Balaban J connectivity index is 1.65. The molecule has 3 aromatic carbocycles. The predicted molar refractivity (Wildman–Crippen MR) is 165 cm³/mol. The highest BCUT2D eigenvalue weighted by Crippen LogP contribution is 2.45. The SMILES string of the molecule is CC(OC(=O)c1ccc([S+](c2ccc(C(C)(C)C)cc2)c2ccc(C3(C)OCC(C)(C(F)(F)F)CO3)cc2)cc1)C(F)(F)S(=O)(=O)O. The summed E-state index contributed by atoms with van der Waals surface area (Å²) in [5.41, 5.74) is -0.752. The highest BCUT2D eigenvalue weighted by atomic mass is 32.2. The van der Waals surface area contributed by atoms with Gasteiger partial charge >= 0.3 is 27.5 Å². The summed E-state index contributed by atoms with van der Waals surface area (Å²) in [6.45, 7) is 8.37. The first kappa shape index (κ1) is 36.8. The van der Waals surface area contributed by atoms with Crippen molar-refractivity contribution in [2.24, 2.45) is 5.41 Å². The maximum Gasteiger partial charge on any atom is 0.405 e. The second-order valence-electron chi connectivity index (χ2n) is 12.8. The molecular weight excluding hydrogens is 667 g/mol. The first-order valence-corrected chi connectivity index (χ1v) is 17.1. The quantitative estimate of drug-likeness (QED) is 0.110. The summed E-state index contributed by atoms with van der Waals surface area (Å²) in [7, 11) is -6.59. The highest BCUT2D eigenvalue weighted by Gasteiger charge is 2.56. The number of carbonyl (C=O) groups excluding carboxylic acids is 1. The fourth-order valence-electron chi connectivity index (χ4n) is 4.63. The number of alkyl halides is 5. The first-order valence-electron chi connectivity index (χ1n) is 14.4. The minimum Gasteiger partial charge on any atom is -0.451 e. The van der Waals surface area contributed by atoms with E-state index in [2.05, 4.69) is 25.5 Å².